The summed E-state index contributed by atoms with van der Waals surface area (Å²) >= 11 is 1.84. The van der Waals surface area contributed by atoms with Crippen molar-refractivity contribution in [1.29, 1.82) is 0 Å². The van der Waals surface area contributed by atoms with E-state index in [-0.39, 0.29) is 0 Å². The standard InChI is InChI=1S/C15H20N2OS/c1-10-6-14(19-11(10)2)9-17-8-12-7-13(18-3)4-5-15(12)16/h4-7,17H,8-9,16H2,1-3H3. The van der Waals surface area contributed by atoms with Gasteiger partial charge in [-0.05, 0) is 49.2 Å². The number of rotatable bonds is 5. The van der Waals surface area contributed by atoms with E-state index in [2.05, 4.69) is 25.2 Å². The molecule has 2 aromatic rings. The van der Waals surface area contributed by atoms with E-state index < -0.39 is 0 Å². The van der Waals surface area contributed by atoms with Crippen molar-refractivity contribution >= 4 is 17.0 Å². The van der Waals surface area contributed by atoms with Gasteiger partial charge in [0, 0.05) is 28.5 Å². The summed E-state index contributed by atoms with van der Waals surface area (Å²) in [6.07, 6.45) is 0. The second-order valence-electron chi connectivity index (χ2n) is 4.62. The van der Waals surface area contributed by atoms with Gasteiger partial charge in [-0.3, -0.25) is 0 Å². The molecule has 0 aliphatic rings. The molecule has 0 radical (unpaired) electrons. The maximum Gasteiger partial charge on any atom is 0.119 e. The van der Waals surface area contributed by atoms with E-state index in [0.717, 1.165) is 30.1 Å². The van der Waals surface area contributed by atoms with Crippen LogP contribution in [0.3, 0.4) is 0 Å². The van der Waals surface area contributed by atoms with Gasteiger partial charge in [-0.15, -0.1) is 11.3 Å². The summed E-state index contributed by atoms with van der Waals surface area (Å²) in [4.78, 5) is 2.74. The molecule has 0 fully saturated rings. The number of hydrogen-bond acceptors (Lipinski definition) is 4. The van der Waals surface area contributed by atoms with Gasteiger partial charge in [0.25, 0.3) is 0 Å². The van der Waals surface area contributed by atoms with Crippen molar-refractivity contribution in [2.75, 3.05) is 12.8 Å². The van der Waals surface area contributed by atoms with E-state index in [1.54, 1.807) is 7.11 Å². The Morgan fingerprint density at radius 2 is 2.00 bits per heavy atom. The molecule has 0 aliphatic carbocycles. The number of nitrogens with one attached hydrogen (secondary N) is 1. The highest BCUT2D eigenvalue weighted by molar-refractivity contribution is 7.12. The fraction of sp³-hybridized carbons (Fsp3) is 0.333. The third-order valence-electron chi connectivity index (χ3n) is 3.18. The lowest BCUT2D eigenvalue weighted by Gasteiger charge is -2.09. The molecule has 0 unspecified atom stereocenters. The number of anilines is 1. The molecule has 0 aliphatic heterocycles. The summed E-state index contributed by atoms with van der Waals surface area (Å²) in [6.45, 7) is 5.92. The minimum Gasteiger partial charge on any atom is -0.497 e. The Bertz CT molecular complexity index is 544. The molecule has 2 rings (SSSR count). The van der Waals surface area contributed by atoms with Gasteiger partial charge in [-0.1, -0.05) is 0 Å². The molecule has 0 bridgehead atoms. The first-order chi connectivity index (χ1) is 9.10. The van der Waals surface area contributed by atoms with Gasteiger partial charge in [0.15, 0.2) is 0 Å². The molecule has 102 valence electrons. The summed E-state index contributed by atoms with van der Waals surface area (Å²) < 4.78 is 5.21. The van der Waals surface area contributed by atoms with Gasteiger partial charge < -0.3 is 15.8 Å². The van der Waals surface area contributed by atoms with Crippen LogP contribution in [0.1, 0.15) is 20.9 Å². The highest BCUT2D eigenvalue weighted by atomic mass is 32.1. The van der Waals surface area contributed by atoms with Crippen LogP contribution in [0.2, 0.25) is 0 Å². The van der Waals surface area contributed by atoms with Gasteiger partial charge in [-0.2, -0.15) is 0 Å². The van der Waals surface area contributed by atoms with Crippen LogP contribution < -0.4 is 15.8 Å². The zero-order valence-electron chi connectivity index (χ0n) is 11.6. The number of ether oxygens (including phenoxy) is 1. The van der Waals surface area contributed by atoms with E-state index in [1.807, 2.05) is 29.5 Å². The van der Waals surface area contributed by atoms with Gasteiger partial charge in [0.2, 0.25) is 0 Å². The Morgan fingerprint density at radius 1 is 1.21 bits per heavy atom. The predicted octanol–water partition coefficient (Wildman–Crippen LogP) is 3.25. The normalized spacial score (nSPS) is 10.7. The Balaban J connectivity index is 1.95. The average Bonchev–Trinajstić information content (AvgIpc) is 2.71. The van der Waals surface area contributed by atoms with Crippen LogP contribution in [-0.2, 0) is 13.1 Å². The number of aryl methyl sites for hydroxylation is 2. The van der Waals surface area contributed by atoms with E-state index in [0.29, 0.717) is 0 Å². The van der Waals surface area contributed by atoms with Crippen LogP contribution in [-0.4, -0.2) is 7.11 Å². The highest BCUT2D eigenvalue weighted by Crippen LogP contribution is 2.21. The number of nitrogen functional groups attached to an aromatic ring is 1. The third-order valence-corrected chi connectivity index (χ3v) is 4.33. The van der Waals surface area contributed by atoms with Crippen molar-refractivity contribution < 1.29 is 4.74 Å². The predicted molar refractivity (Wildman–Crippen MR) is 81.7 cm³/mol. The Morgan fingerprint density at radius 3 is 2.63 bits per heavy atom. The molecule has 1 heterocycles. The van der Waals surface area contributed by atoms with Gasteiger partial charge in [0.05, 0.1) is 7.11 Å². The highest BCUT2D eigenvalue weighted by Gasteiger charge is 2.04. The van der Waals surface area contributed by atoms with Gasteiger partial charge >= 0.3 is 0 Å². The van der Waals surface area contributed by atoms with Crippen molar-refractivity contribution in [1.82, 2.24) is 5.32 Å². The van der Waals surface area contributed by atoms with Crippen molar-refractivity contribution in [3.63, 3.8) is 0 Å². The van der Waals surface area contributed by atoms with Crippen molar-refractivity contribution in [2.24, 2.45) is 0 Å². The van der Waals surface area contributed by atoms with E-state index in [1.165, 1.54) is 15.3 Å². The van der Waals surface area contributed by atoms with Crippen LogP contribution in [0.15, 0.2) is 24.3 Å². The third kappa shape index (κ3) is 3.49. The van der Waals surface area contributed by atoms with Crippen molar-refractivity contribution in [2.45, 2.75) is 26.9 Å². The molecule has 19 heavy (non-hydrogen) atoms. The molecule has 0 saturated carbocycles. The quantitative estimate of drug-likeness (QED) is 0.824. The lowest BCUT2D eigenvalue weighted by atomic mass is 10.1. The number of nitrogens with two attached hydrogens (primary N) is 1. The topological polar surface area (TPSA) is 47.3 Å². The lowest BCUT2D eigenvalue weighted by molar-refractivity contribution is 0.414. The van der Waals surface area contributed by atoms with Crippen LogP contribution in [0.4, 0.5) is 5.69 Å². The van der Waals surface area contributed by atoms with E-state index >= 15 is 0 Å². The van der Waals surface area contributed by atoms with Crippen molar-refractivity contribution in [3.05, 3.63) is 45.1 Å². The molecule has 1 aromatic carbocycles. The zero-order valence-corrected chi connectivity index (χ0v) is 12.4. The monoisotopic (exact) mass is 276 g/mol. The van der Waals surface area contributed by atoms with Gasteiger partial charge in [-0.25, -0.2) is 0 Å². The number of benzene rings is 1. The second kappa shape index (κ2) is 6.08. The molecule has 3 N–H and O–H groups in total. The summed E-state index contributed by atoms with van der Waals surface area (Å²) in [5, 5.41) is 3.43. The number of methoxy groups -OCH3 is 1. The maximum atomic E-state index is 5.96. The first-order valence-electron chi connectivity index (χ1n) is 6.29. The fourth-order valence-corrected chi connectivity index (χ4v) is 2.94. The first kappa shape index (κ1) is 13.9. The largest absolute Gasteiger partial charge is 0.497 e. The van der Waals surface area contributed by atoms with Crippen LogP contribution >= 0.6 is 11.3 Å². The Hall–Kier alpha value is -1.52. The average molecular weight is 276 g/mol. The number of hydrogen-bond donors (Lipinski definition) is 2. The molecule has 1 aromatic heterocycles. The van der Waals surface area contributed by atoms with Crippen LogP contribution in [0.25, 0.3) is 0 Å². The molecular formula is C15H20N2OS. The molecule has 3 nitrogen and oxygen atoms in total. The molecule has 0 saturated heterocycles. The summed E-state index contributed by atoms with van der Waals surface area (Å²) in [5.41, 5.74) is 9.19. The minimum absolute atomic E-state index is 0.749. The van der Waals surface area contributed by atoms with Crippen molar-refractivity contribution in [3.8, 4) is 5.75 Å². The molecule has 4 heteroatoms. The molecule has 0 atom stereocenters. The Labute approximate surface area is 118 Å². The molecule has 0 spiro atoms. The lowest BCUT2D eigenvalue weighted by Crippen LogP contribution is -2.13. The summed E-state index contributed by atoms with van der Waals surface area (Å²) in [6, 6.07) is 7.98. The summed E-state index contributed by atoms with van der Waals surface area (Å²) in [5.74, 6) is 0.841. The number of thiophene rings is 1. The maximum absolute atomic E-state index is 5.96. The van der Waals surface area contributed by atoms with Gasteiger partial charge in [0.1, 0.15) is 5.75 Å². The van der Waals surface area contributed by atoms with Crippen LogP contribution in [0, 0.1) is 13.8 Å². The first-order valence-corrected chi connectivity index (χ1v) is 7.11. The minimum atomic E-state index is 0.749. The smallest absolute Gasteiger partial charge is 0.119 e. The molecular weight excluding hydrogens is 256 g/mol. The molecule has 0 amide bonds. The van der Waals surface area contributed by atoms with Crippen LogP contribution in [0.5, 0.6) is 5.75 Å². The SMILES string of the molecule is COc1ccc(N)c(CNCc2cc(C)c(C)s2)c1. The zero-order chi connectivity index (χ0) is 13.8. The second-order valence-corrected chi connectivity index (χ2v) is 5.96. The van der Waals surface area contributed by atoms with E-state index in [4.69, 9.17) is 10.5 Å². The van der Waals surface area contributed by atoms with E-state index in [9.17, 15) is 0 Å². The Kier molecular flexibility index (Phi) is 4.45. The fourth-order valence-electron chi connectivity index (χ4n) is 1.92. The summed E-state index contributed by atoms with van der Waals surface area (Å²) in [7, 11) is 1.67.